The Morgan fingerprint density at radius 3 is 2.72 bits per heavy atom. The van der Waals surface area contributed by atoms with Gasteiger partial charge in [0.25, 0.3) is 5.69 Å². The molecule has 1 heterocycles. The van der Waals surface area contributed by atoms with Crippen molar-refractivity contribution in [1.29, 1.82) is 0 Å². The van der Waals surface area contributed by atoms with Gasteiger partial charge in [-0.05, 0) is 6.07 Å². The smallest absolute Gasteiger partial charge is 0.290 e. The zero-order valence-electron chi connectivity index (χ0n) is 9.17. The summed E-state index contributed by atoms with van der Waals surface area (Å²) in [6.45, 7) is 0.0712. The third kappa shape index (κ3) is 2.09. The molecule has 0 radical (unpaired) electrons. The molecule has 3 N–H and O–H groups in total. The summed E-state index contributed by atoms with van der Waals surface area (Å²) in [4.78, 5) is 23.0. The molecule has 7 nitrogen and oxygen atoms in total. The van der Waals surface area contributed by atoms with Crippen LogP contribution in [0.1, 0.15) is 6.42 Å². The Morgan fingerprint density at radius 2 is 2.22 bits per heavy atom. The number of nitro groups is 1. The number of hydrogen-bond donors (Lipinski definition) is 2. The molecule has 1 atom stereocenters. The molecule has 96 valence electrons. The summed E-state index contributed by atoms with van der Waals surface area (Å²) in [5, 5.41) is 20.1. The van der Waals surface area contributed by atoms with Crippen LogP contribution in [0.4, 0.5) is 17.1 Å². The molecule has 18 heavy (non-hydrogen) atoms. The van der Waals surface area contributed by atoms with Crippen molar-refractivity contribution in [2.45, 2.75) is 12.5 Å². The molecule has 8 heteroatoms. The van der Waals surface area contributed by atoms with Gasteiger partial charge in [-0.2, -0.15) is 0 Å². The van der Waals surface area contributed by atoms with Gasteiger partial charge in [0.15, 0.2) is 0 Å². The maximum atomic E-state index is 11.6. The predicted octanol–water partition coefficient (Wildman–Crippen LogP) is 0.928. The molecular formula is C10H10ClN3O4. The zero-order chi connectivity index (χ0) is 13.4. The molecule has 0 saturated carbocycles. The van der Waals surface area contributed by atoms with Gasteiger partial charge in [-0.3, -0.25) is 14.9 Å². The lowest BCUT2D eigenvalue weighted by Gasteiger charge is -2.18. The second-order valence-electron chi connectivity index (χ2n) is 3.98. The molecule has 0 aromatic heterocycles. The molecule has 1 amide bonds. The van der Waals surface area contributed by atoms with Crippen LogP contribution >= 0.6 is 11.6 Å². The summed E-state index contributed by atoms with van der Waals surface area (Å²) in [6.07, 6.45) is -0.804. The largest absolute Gasteiger partial charge is 0.397 e. The van der Waals surface area contributed by atoms with E-state index in [9.17, 15) is 20.0 Å². The van der Waals surface area contributed by atoms with Crippen molar-refractivity contribution in [2.75, 3.05) is 17.2 Å². The lowest BCUT2D eigenvalue weighted by Crippen LogP contribution is -2.26. The summed E-state index contributed by atoms with van der Waals surface area (Å²) >= 11 is 5.69. The Kier molecular flexibility index (Phi) is 3.10. The van der Waals surface area contributed by atoms with E-state index in [-0.39, 0.29) is 41.0 Å². The summed E-state index contributed by atoms with van der Waals surface area (Å²) < 4.78 is 0. The molecule has 1 saturated heterocycles. The molecule has 1 aliphatic rings. The number of aliphatic hydroxyl groups is 1. The lowest BCUT2D eigenvalue weighted by molar-refractivity contribution is -0.384. The monoisotopic (exact) mass is 271 g/mol. The Labute approximate surface area is 107 Å². The average molecular weight is 272 g/mol. The fourth-order valence-electron chi connectivity index (χ4n) is 1.86. The minimum atomic E-state index is -0.786. The van der Waals surface area contributed by atoms with E-state index in [4.69, 9.17) is 17.3 Å². The number of rotatable bonds is 2. The molecule has 2 rings (SSSR count). The zero-order valence-corrected chi connectivity index (χ0v) is 9.92. The highest BCUT2D eigenvalue weighted by molar-refractivity contribution is 6.33. The highest BCUT2D eigenvalue weighted by atomic mass is 35.5. The van der Waals surface area contributed by atoms with E-state index in [1.165, 1.54) is 11.0 Å². The maximum absolute atomic E-state index is 11.6. The van der Waals surface area contributed by atoms with Crippen molar-refractivity contribution in [3.8, 4) is 0 Å². The fraction of sp³-hybridized carbons (Fsp3) is 0.300. The first kappa shape index (κ1) is 12.6. The normalized spacial score (nSPS) is 19.3. The van der Waals surface area contributed by atoms with Gasteiger partial charge in [-0.15, -0.1) is 0 Å². The highest BCUT2D eigenvalue weighted by Crippen LogP contribution is 2.36. The van der Waals surface area contributed by atoms with Gasteiger partial charge in [0.2, 0.25) is 5.91 Å². The molecule has 0 spiro atoms. The molecule has 1 aromatic carbocycles. The van der Waals surface area contributed by atoms with Crippen molar-refractivity contribution < 1.29 is 14.8 Å². The van der Waals surface area contributed by atoms with Gasteiger partial charge in [0.05, 0.1) is 35.4 Å². The predicted molar refractivity (Wildman–Crippen MR) is 65.5 cm³/mol. The molecule has 1 aliphatic heterocycles. The van der Waals surface area contributed by atoms with Crippen molar-refractivity contribution in [1.82, 2.24) is 0 Å². The lowest BCUT2D eigenvalue weighted by atomic mass is 10.2. The minimum Gasteiger partial charge on any atom is -0.397 e. The van der Waals surface area contributed by atoms with Gasteiger partial charge in [0, 0.05) is 6.07 Å². The second kappa shape index (κ2) is 4.43. The van der Waals surface area contributed by atoms with Gasteiger partial charge in [-0.25, -0.2) is 0 Å². The molecule has 0 aliphatic carbocycles. The van der Waals surface area contributed by atoms with Crippen LogP contribution in [-0.4, -0.2) is 28.6 Å². The number of nitro benzene ring substituents is 1. The first-order valence-corrected chi connectivity index (χ1v) is 5.49. The maximum Gasteiger partial charge on any atom is 0.290 e. The topological polar surface area (TPSA) is 110 Å². The number of amides is 1. The first-order chi connectivity index (χ1) is 8.40. The Bertz CT molecular complexity index is 534. The number of benzene rings is 1. The van der Waals surface area contributed by atoms with Crippen LogP contribution < -0.4 is 10.6 Å². The SMILES string of the molecule is Nc1cc(Cl)c([N+](=O)[O-])cc1N1CC(O)CC1=O. The number of nitrogens with two attached hydrogens (primary N) is 1. The quantitative estimate of drug-likeness (QED) is 0.472. The van der Waals surface area contributed by atoms with Crippen LogP contribution in [0.5, 0.6) is 0 Å². The Balaban J connectivity index is 2.48. The van der Waals surface area contributed by atoms with Crippen LogP contribution in [0.2, 0.25) is 5.02 Å². The van der Waals surface area contributed by atoms with Crippen LogP contribution in [0, 0.1) is 10.1 Å². The second-order valence-corrected chi connectivity index (χ2v) is 4.39. The standard InChI is InChI=1S/C10H10ClN3O4/c11-6-2-7(12)9(3-8(6)14(17)18)13-4-5(15)1-10(13)16/h2-3,5,15H,1,4,12H2. The van der Waals surface area contributed by atoms with E-state index in [1.54, 1.807) is 0 Å². The number of hydrogen-bond acceptors (Lipinski definition) is 5. The number of aliphatic hydroxyl groups excluding tert-OH is 1. The number of carbonyl (C=O) groups excluding carboxylic acids is 1. The summed E-state index contributed by atoms with van der Waals surface area (Å²) in [5.41, 5.74) is 5.73. The molecular weight excluding hydrogens is 262 g/mol. The van der Waals surface area contributed by atoms with Gasteiger partial charge >= 0.3 is 0 Å². The Morgan fingerprint density at radius 1 is 1.56 bits per heavy atom. The van der Waals surface area contributed by atoms with E-state index in [0.29, 0.717) is 0 Å². The summed E-state index contributed by atoms with van der Waals surface area (Å²) in [7, 11) is 0. The van der Waals surface area contributed by atoms with Crippen molar-refractivity contribution >= 4 is 34.6 Å². The average Bonchev–Trinajstić information content (AvgIpc) is 2.57. The number of nitrogen functional groups attached to an aromatic ring is 1. The van der Waals surface area contributed by atoms with Gasteiger partial charge < -0.3 is 15.7 Å². The number of carbonyl (C=O) groups is 1. The van der Waals surface area contributed by atoms with E-state index < -0.39 is 11.0 Å². The van der Waals surface area contributed by atoms with Crippen LogP contribution in [0.15, 0.2) is 12.1 Å². The van der Waals surface area contributed by atoms with Gasteiger partial charge in [0.1, 0.15) is 5.02 Å². The summed E-state index contributed by atoms with van der Waals surface area (Å²) in [5.74, 6) is -0.328. The van der Waals surface area contributed by atoms with Crippen molar-refractivity contribution in [3.63, 3.8) is 0 Å². The third-order valence-corrected chi connectivity index (χ3v) is 2.99. The van der Waals surface area contributed by atoms with E-state index in [2.05, 4.69) is 0 Å². The third-order valence-electron chi connectivity index (χ3n) is 2.69. The number of nitrogens with zero attached hydrogens (tertiary/aromatic N) is 2. The van der Waals surface area contributed by atoms with Crippen LogP contribution in [0.25, 0.3) is 0 Å². The van der Waals surface area contributed by atoms with Crippen molar-refractivity contribution in [2.24, 2.45) is 0 Å². The molecule has 0 bridgehead atoms. The van der Waals surface area contributed by atoms with E-state index in [1.807, 2.05) is 0 Å². The Hall–Kier alpha value is -1.86. The number of halogens is 1. The summed E-state index contributed by atoms with van der Waals surface area (Å²) in [6, 6.07) is 2.38. The fourth-order valence-corrected chi connectivity index (χ4v) is 2.10. The minimum absolute atomic E-state index is 0.0180. The van der Waals surface area contributed by atoms with E-state index >= 15 is 0 Å². The first-order valence-electron chi connectivity index (χ1n) is 5.12. The van der Waals surface area contributed by atoms with Crippen LogP contribution in [0.3, 0.4) is 0 Å². The van der Waals surface area contributed by atoms with Gasteiger partial charge in [-0.1, -0.05) is 11.6 Å². The molecule has 1 aromatic rings. The van der Waals surface area contributed by atoms with Crippen molar-refractivity contribution in [3.05, 3.63) is 27.3 Å². The molecule has 1 fully saturated rings. The van der Waals surface area contributed by atoms with Crippen LogP contribution in [-0.2, 0) is 4.79 Å². The number of β-amino-alcohol motifs (C(OH)–C–C–N with tert-alkyl or cyclic N) is 1. The number of anilines is 2. The van der Waals surface area contributed by atoms with E-state index in [0.717, 1.165) is 6.07 Å². The highest BCUT2D eigenvalue weighted by Gasteiger charge is 2.31. The molecule has 1 unspecified atom stereocenters.